The SMILES string of the molecule is Cc1ccccc1C[NH+]1CCN(C(=O)c2ccc(Cl)cc2)CC1. The van der Waals surface area contributed by atoms with Crippen LogP contribution in [0, 0.1) is 6.92 Å². The van der Waals surface area contributed by atoms with Gasteiger partial charge < -0.3 is 9.80 Å². The highest BCUT2D eigenvalue weighted by Crippen LogP contribution is 2.12. The molecule has 3 nitrogen and oxygen atoms in total. The number of benzene rings is 2. The molecule has 23 heavy (non-hydrogen) atoms. The number of quaternary nitrogens is 1. The molecule has 1 aliphatic rings. The van der Waals surface area contributed by atoms with E-state index in [0.29, 0.717) is 5.02 Å². The van der Waals surface area contributed by atoms with Crippen LogP contribution in [0.25, 0.3) is 0 Å². The Morgan fingerprint density at radius 1 is 1.09 bits per heavy atom. The monoisotopic (exact) mass is 329 g/mol. The van der Waals surface area contributed by atoms with Gasteiger partial charge in [0.15, 0.2) is 0 Å². The topological polar surface area (TPSA) is 24.8 Å². The van der Waals surface area contributed by atoms with E-state index in [0.717, 1.165) is 38.3 Å². The van der Waals surface area contributed by atoms with Crippen molar-refractivity contribution in [3.63, 3.8) is 0 Å². The molecule has 0 bridgehead atoms. The average Bonchev–Trinajstić information content (AvgIpc) is 2.58. The first kappa shape index (κ1) is 16.0. The number of hydrogen-bond acceptors (Lipinski definition) is 1. The Morgan fingerprint density at radius 2 is 1.74 bits per heavy atom. The number of carbonyl (C=O) groups excluding carboxylic acids is 1. The van der Waals surface area contributed by atoms with E-state index in [-0.39, 0.29) is 5.91 Å². The molecule has 1 fully saturated rings. The van der Waals surface area contributed by atoms with Crippen molar-refractivity contribution in [2.75, 3.05) is 26.2 Å². The number of carbonyl (C=O) groups is 1. The van der Waals surface area contributed by atoms with Gasteiger partial charge in [0.2, 0.25) is 0 Å². The Labute approximate surface area is 142 Å². The number of nitrogens with one attached hydrogen (secondary N) is 1. The highest BCUT2D eigenvalue weighted by molar-refractivity contribution is 6.30. The maximum atomic E-state index is 12.5. The molecule has 2 aromatic rings. The molecule has 1 N–H and O–H groups in total. The summed E-state index contributed by atoms with van der Waals surface area (Å²) in [5.74, 6) is 0.108. The first-order valence-electron chi connectivity index (χ1n) is 8.06. The molecule has 0 radical (unpaired) electrons. The van der Waals surface area contributed by atoms with Crippen LogP contribution >= 0.6 is 11.6 Å². The lowest BCUT2D eigenvalue weighted by molar-refractivity contribution is -0.917. The summed E-state index contributed by atoms with van der Waals surface area (Å²) in [6.45, 7) is 6.80. The van der Waals surface area contributed by atoms with Crippen LogP contribution in [0.1, 0.15) is 21.5 Å². The van der Waals surface area contributed by atoms with Crippen LogP contribution < -0.4 is 4.90 Å². The van der Waals surface area contributed by atoms with Gasteiger partial charge in [-0.1, -0.05) is 35.9 Å². The van der Waals surface area contributed by atoms with E-state index in [4.69, 9.17) is 11.6 Å². The van der Waals surface area contributed by atoms with Gasteiger partial charge in [-0.25, -0.2) is 0 Å². The number of hydrogen-bond donors (Lipinski definition) is 1. The van der Waals surface area contributed by atoms with Gasteiger partial charge in [-0.15, -0.1) is 0 Å². The van der Waals surface area contributed by atoms with Crippen molar-refractivity contribution >= 4 is 17.5 Å². The third-order valence-corrected chi connectivity index (χ3v) is 4.80. The highest BCUT2D eigenvalue weighted by atomic mass is 35.5. The summed E-state index contributed by atoms with van der Waals surface area (Å²) in [5, 5.41) is 0.661. The van der Waals surface area contributed by atoms with Crippen molar-refractivity contribution < 1.29 is 9.69 Å². The van der Waals surface area contributed by atoms with Gasteiger partial charge in [0, 0.05) is 16.1 Å². The summed E-state index contributed by atoms with van der Waals surface area (Å²) in [4.78, 5) is 16.0. The standard InChI is InChI=1S/C19H21ClN2O/c1-15-4-2-3-5-17(15)14-21-10-12-22(13-11-21)19(23)16-6-8-18(20)9-7-16/h2-9H,10-14H2,1H3/p+1. The molecular weight excluding hydrogens is 308 g/mol. The van der Waals surface area contributed by atoms with Crippen molar-refractivity contribution in [2.24, 2.45) is 0 Å². The summed E-state index contributed by atoms with van der Waals surface area (Å²) in [6.07, 6.45) is 0. The Bertz CT molecular complexity index is 676. The second-order valence-electron chi connectivity index (χ2n) is 6.15. The van der Waals surface area contributed by atoms with Gasteiger partial charge in [-0.05, 0) is 36.8 Å². The van der Waals surface area contributed by atoms with Crippen LogP contribution in [0.15, 0.2) is 48.5 Å². The third kappa shape index (κ3) is 3.92. The Balaban J connectivity index is 1.57. The fourth-order valence-corrected chi connectivity index (χ4v) is 3.18. The molecule has 0 spiro atoms. The molecule has 1 aliphatic heterocycles. The van der Waals surface area contributed by atoms with E-state index in [1.807, 2.05) is 4.90 Å². The molecule has 2 aromatic carbocycles. The van der Waals surface area contributed by atoms with Crippen LogP contribution in [-0.2, 0) is 6.54 Å². The van der Waals surface area contributed by atoms with Crippen molar-refractivity contribution in [1.29, 1.82) is 0 Å². The van der Waals surface area contributed by atoms with E-state index in [1.165, 1.54) is 11.1 Å². The number of piperazine rings is 1. The van der Waals surface area contributed by atoms with Crippen molar-refractivity contribution in [3.8, 4) is 0 Å². The van der Waals surface area contributed by atoms with Gasteiger partial charge in [0.05, 0.1) is 26.2 Å². The van der Waals surface area contributed by atoms with E-state index in [9.17, 15) is 4.79 Å². The quantitative estimate of drug-likeness (QED) is 0.917. The van der Waals surface area contributed by atoms with Gasteiger partial charge >= 0.3 is 0 Å². The normalized spacial score (nSPS) is 15.7. The molecule has 0 aromatic heterocycles. The molecule has 0 atom stereocenters. The first-order valence-corrected chi connectivity index (χ1v) is 8.44. The fourth-order valence-electron chi connectivity index (χ4n) is 3.06. The molecular formula is C19H22ClN2O+. The molecule has 1 amide bonds. The maximum Gasteiger partial charge on any atom is 0.254 e. The fraction of sp³-hybridized carbons (Fsp3) is 0.316. The minimum atomic E-state index is 0.108. The third-order valence-electron chi connectivity index (χ3n) is 4.55. The largest absolute Gasteiger partial charge is 0.328 e. The summed E-state index contributed by atoms with van der Waals surface area (Å²) in [7, 11) is 0. The zero-order chi connectivity index (χ0) is 16.2. The van der Waals surface area contributed by atoms with E-state index in [2.05, 4.69) is 31.2 Å². The van der Waals surface area contributed by atoms with Crippen LogP contribution in [0.4, 0.5) is 0 Å². The molecule has 3 rings (SSSR count). The summed E-state index contributed by atoms with van der Waals surface area (Å²) < 4.78 is 0. The molecule has 4 heteroatoms. The molecule has 0 saturated carbocycles. The molecule has 1 saturated heterocycles. The number of halogens is 1. The lowest BCUT2D eigenvalue weighted by atomic mass is 10.1. The Morgan fingerprint density at radius 3 is 2.39 bits per heavy atom. The van der Waals surface area contributed by atoms with Crippen LogP contribution in [-0.4, -0.2) is 37.0 Å². The van der Waals surface area contributed by atoms with Crippen molar-refractivity contribution in [3.05, 3.63) is 70.2 Å². The Hall–Kier alpha value is -1.84. The lowest BCUT2D eigenvalue weighted by Crippen LogP contribution is -3.13. The van der Waals surface area contributed by atoms with Crippen LogP contribution in [0.5, 0.6) is 0 Å². The summed E-state index contributed by atoms with van der Waals surface area (Å²) >= 11 is 5.88. The summed E-state index contributed by atoms with van der Waals surface area (Å²) in [5.41, 5.74) is 3.47. The minimum Gasteiger partial charge on any atom is -0.328 e. The molecule has 120 valence electrons. The smallest absolute Gasteiger partial charge is 0.254 e. The second-order valence-corrected chi connectivity index (χ2v) is 6.59. The predicted molar refractivity (Wildman–Crippen MR) is 92.9 cm³/mol. The molecule has 0 unspecified atom stereocenters. The van der Waals surface area contributed by atoms with E-state index in [1.54, 1.807) is 29.2 Å². The lowest BCUT2D eigenvalue weighted by Gasteiger charge is -2.32. The van der Waals surface area contributed by atoms with E-state index >= 15 is 0 Å². The second kappa shape index (κ2) is 7.16. The number of rotatable bonds is 3. The predicted octanol–water partition coefficient (Wildman–Crippen LogP) is 2.19. The molecule has 0 aliphatic carbocycles. The van der Waals surface area contributed by atoms with Crippen LogP contribution in [0.2, 0.25) is 5.02 Å². The first-order chi connectivity index (χ1) is 11.1. The van der Waals surface area contributed by atoms with Gasteiger partial charge in [-0.3, -0.25) is 4.79 Å². The zero-order valence-electron chi connectivity index (χ0n) is 13.4. The number of aryl methyl sites for hydroxylation is 1. The van der Waals surface area contributed by atoms with E-state index < -0.39 is 0 Å². The zero-order valence-corrected chi connectivity index (χ0v) is 14.1. The van der Waals surface area contributed by atoms with Gasteiger partial charge in [-0.2, -0.15) is 0 Å². The Kier molecular flexibility index (Phi) is 4.99. The maximum absolute atomic E-state index is 12.5. The molecule has 1 heterocycles. The van der Waals surface area contributed by atoms with Gasteiger partial charge in [0.1, 0.15) is 6.54 Å². The number of nitrogens with zero attached hydrogens (tertiary/aromatic N) is 1. The average molecular weight is 330 g/mol. The van der Waals surface area contributed by atoms with Crippen molar-refractivity contribution in [2.45, 2.75) is 13.5 Å². The minimum absolute atomic E-state index is 0.108. The van der Waals surface area contributed by atoms with Crippen LogP contribution in [0.3, 0.4) is 0 Å². The summed E-state index contributed by atoms with van der Waals surface area (Å²) in [6, 6.07) is 15.7. The number of amides is 1. The highest BCUT2D eigenvalue weighted by Gasteiger charge is 2.24. The van der Waals surface area contributed by atoms with Crippen molar-refractivity contribution in [1.82, 2.24) is 4.90 Å². The van der Waals surface area contributed by atoms with Gasteiger partial charge in [0.25, 0.3) is 5.91 Å².